The Labute approximate surface area is 65.8 Å². The molecule has 4 nitrogen and oxygen atoms in total. The first-order chi connectivity index (χ1) is 5.07. The average molecular weight is 156 g/mol. The Kier molecular flexibility index (Phi) is 4.15. The first kappa shape index (κ1) is 9.85. The summed E-state index contributed by atoms with van der Waals surface area (Å²) in [6, 6.07) is 0. The minimum Gasteiger partial charge on any atom is -0.457 e. The third-order valence-electron chi connectivity index (χ3n) is 0.993. The van der Waals surface area contributed by atoms with Crippen LogP contribution in [0.15, 0.2) is 0 Å². The summed E-state index contributed by atoms with van der Waals surface area (Å²) in [6.45, 7) is 5.60. The molecule has 0 aliphatic rings. The smallest absolute Gasteiger partial charge is 0.416 e. The highest BCUT2D eigenvalue weighted by molar-refractivity contribution is 6.32. The van der Waals surface area contributed by atoms with Crippen LogP contribution >= 0.6 is 0 Å². The summed E-state index contributed by atoms with van der Waals surface area (Å²) in [6.07, 6.45) is 0. The van der Waals surface area contributed by atoms with E-state index in [0.717, 1.165) is 0 Å². The Hall–Kier alpha value is -1.15. The lowest BCUT2D eigenvalue weighted by atomic mass is 10.2. The fourth-order valence-corrected chi connectivity index (χ4v) is 0.388. The predicted octanol–water partition coefficient (Wildman–Crippen LogP) is 0.876. The molecular weight excluding hydrogens is 144 g/mol. The lowest BCUT2D eigenvalue weighted by Gasteiger charge is -2.02. The number of esters is 1. The van der Waals surface area contributed by atoms with Crippen molar-refractivity contribution in [2.24, 2.45) is 5.92 Å². The molecule has 0 aliphatic carbocycles. The van der Waals surface area contributed by atoms with Crippen molar-refractivity contribution in [3.8, 4) is 0 Å². The summed E-state index contributed by atoms with van der Waals surface area (Å²) in [5.41, 5.74) is 8.14. The lowest BCUT2D eigenvalue weighted by molar-refractivity contribution is -0.141. The molecule has 0 bridgehead atoms. The molecule has 0 N–H and O–H groups in total. The molecule has 0 radical (unpaired) electrons. The third-order valence-corrected chi connectivity index (χ3v) is 0.993. The van der Waals surface area contributed by atoms with Crippen LogP contribution in [0.1, 0.15) is 20.8 Å². The molecular formula is C7H12N2O2. The van der Waals surface area contributed by atoms with Gasteiger partial charge in [0, 0.05) is 6.92 Å². The molecule has 0 saturated heterocycles. The normalized spacial score (nSPS) is 9.09. The second-order valence-electron chi connectivity index (χ2n) is 2.68. The predicted molar refractivity (Wildman–Crippen MR) is 40.1 cm³/mol. The zero-order valence-corrected chi connectivity index (χ0v) is 7.00. The van der Waals surface area contributed by atoms with Gasteiger partial charge in [-0.25, -0.2) is 4.79 Å². The largest absolute Gasteiger partial charge is 0.457 e. The fourth-order valence-electron chi connectivity index (χ4n) is 0.388. The molecule has 0 aromatic heterocycles. The van der Waals surface area contributed by atoms with Gasteiger partial charge in [-0.3, -0.25) is 0 Å². The van der Waals surface area contributed by atoms with Gasteiger partial charge in [-0.05, 0) is 5.92 Å². The highest BCUT2D eigenvalue weighted by Gasteiger charge is 2.14. The Morgan fingerprint density at radius 3 is 2.55 bits per heavy atom. The van der Waals surface area contributed by atoms with Crippen LogP contribution in [0.5, 0.6) is 0 Å². The molecule has 0 unspecified atom stereocenters. The maximum Gasteiger partial charge on any atom is 0.416 e. The summed E-state index contributed by atoms with van der Waals surface area (Å²) < 4.78 is 4.73. The van der Waals surface area contributed by atoms with Crippen LogP contribution in [-0.2, 0) is 9.53 Å². The van der Waals surface area contributed by atoms with Gasteiger partial charge >= 0.3 is 11.7 Å². The quantitative estimate of drug-likeness (QED) is 0.263. The number of hydrogen-bond acceptors (Lipinski definition) is 2. The van der Waals surface area contributed by atoms with Gasteiger partial charge in [0.1, 0.15) is 0 Å². The Balaban J connectivity index is 3.80. The zero-order chi connectivity index (χ0) is 8.85. The third kappa shape index (κ3) is 4.28. The van der Waals surface area contributed by atoms with Crippen LogP contribution in [0, 0.1) is 5.92 Å². The summed E-state index contributed by atoms with van der Waals surface area (Å²) in [7, 11) is 0. The van der Waals surface area contributed by atoms with Gasteiger partial charge in [0.25, 0.3) is 0 Å². The van der Waals surface area contributed by atoms with E-state index in [1.54, 1.807) is 0 Å². The zero-order valence-electron chi connectivity index (χ0n) is 7.00. The minimum absolute atomic E-state index is 0.0225. The molecule has 4 heteroatoms. The van der Waals surface area contributed by atoms with E-state index in [9.17, 15) is 4.79 Å². The van der Waals surface area contributed by atoms with E-state index in [4.69, 9.17) is 10.3 Å². The van der Waals surface area contributed by atoms with Crippen LogP contribution in [0.2, 0.25) is 0 Å². The molecule has 0 amide bonds. The summed E-state index contributed by atoms with van der Waals surface area (Å²) in [5.74, 6) is -0.272. The van der Waals surface area contributed by atoms with Crippen LogP contribution in [-0.4, -0.2) is 23.1 Å². The van der Waals surface area contributed by atoms with Gasteiger partial charge in [-0.2, -0.15) is 4.79 Å². The SMILES string of the molecule is CC(=[N+]=[N-])C(=O)OCC(C)C. The number of rotatable bonds is 3. The minimum atomic E-state index is -0.568. The monoisotopic (exact) mass is 156 g/mol. The average Bonchev–Trinajstić information content (AvgIpc) is 1.98. The Morgan fingerprint density at radius 1 is 1.64 bits per heavy atom. The molecule has 0 heterocycles. The van der Waals surface area contributed by atoms with E-state index in [2.05, 4.69) is 4.79 Å². The van der Waals surface area contributed by atoms with Gasteiger partial charge in [0.15, 0.2) is 0 Å². The second kappa shape index (κ2) is 4.63. The van der Waals surface area contributed by atoms with E-state index in [-0.39, 0.29) is 5.71 Å². The van der Waals surface area contributed by atoms with E-state index in [0.29, 0.717) is 12.5 Å². The summed E-state index contributed by atoms with van der Waals surface area (Å²) in [4.78, 5) is 13.5. The number of carbonyl (C=O) groups excluding carboxylic acids is 1. The van der Waals surface area contributed by atoms with Crippen LogP contribution in [0.4, 0.5) is 0 Å². The molecule has 0 aromatic rings. The lowest BCUT2D eigenvalue weighted by Crippen LogP contribution is -2.17. The summed E-state index contributed by atoms with van der Waals surface area (Å²) in [5, 5.41) is 0. The van der Waals surface area contributed by atoms with E-state index < -0.39 is 5.97 Å². The molecule has 0 aromatic carbocycles. The van der Waals surface area contributed by atoms with Crippen molar-refractivity contribution in [1.29, 1.82) is 0 Å². The number of carbonyl (C=O) groups is 1. The van der Waals surface area contributed by atoms with Crippen molar-refractivity contribution in [1.82, 2.24) is 0 Å². The van der Waals surface area contributed by atoms with Crippen molar-refractivity contribution in [2.75, 3.05) is 6.61 Å². The van der Waals surface area contributed by atoms with Crippen LogP contribution < -0.4 is 0 Å². The van der Waals surface area contributed by atoms with Crippen molar-refractivity contribution in [3.05, 3.63) is 5.53 Å². The first-order valence-electron chi connectivity index (χ1n) is 3.43. The molecule has 11 heavy (non-hydrogen) atoms. The number of hydrogen-bond donors (Lipinski definition) is 0. The maximum absolute atomic E-state index is 10.8. The van der Waals surface area contributed by atoms with Crippen LogP contribution in [0.25, 0.3) is 5.53 Å². The van der Waals surface area contributed by atoms with Crippen LogP contribution in [0.3, 0.4) is 0 Å². The highest BCUT2D eigenvalue weighted by atomic mass is 16.5. The van der Waals surface area contributed by atoms with E-state index >= 15 is 0 Å². The maximum atomic E-state index is 10.8. The molecule has 0 aliphatic heterocycles. The number of nitrogens with zero attached hydrogens (tertiary/aromatic N) is 2. The van der Waals surface area contributed by atoms with Gasteiger partial charge in [0.2, 0.25) is 0 Å². The highest BCUT2D eigenvalue weighted by Crippen LogP contribution is 1.92. The second-order valence-corrected chi connectivity index (χ2v) is 2.68. The van der Waals surface area contributed by atoms with E-state index in [1.165, 1.54) is 6.92 Å². The van der Waals surface area contributed by atoms with Crippen molar-refractivity contribution in [3.63, 3.8) is 0 Å². The molecule has 0 fully saturated rings. The van der Waals surface area contributed by atoms with Crippen molar-refractivity contribution < 1.29 is 14.3 Å². The molecule has 0 saturated carbocycles. The Morgan fingerprint density at radius 2 is 2.18 bits per heavy atom. The fraction of sp³-hybridized carbons (Fsp3) is 0.714. The topological polar surface area (TPSA) is 62.7 Å². The van der Waals surface area contributed by atoms with Gasteiger partial charge < -0.3 is 10.3 Å². The van der Waals surface area contributed by atoms with Gasteiger partial charge in [-0.1, -0.05) is 13.8 Å². The molecule has 62 valence electrons. The molecule has 0 rings (SSSR count). The first-order valence-corrected chi connectivity index (χ1v) is 3.43. The van der Waals surface area contributed by atoms with E-state index in [1.807, 2.05) is 13.8 Å². The standard InChI is InChI=1S/C7H12N2O2/c1-5(2)4-11-7(10)6(3)9-8/h5H,4H2,1-3H3. The number of ether oxygens (including phenoxy) is 1. The molecule has 0 spiro atoms. The van der Waals surface area contributed by atoms with Gasteiger partial charge in [0.05, 0.1) is 6.61 Å². The van der Waals surface area contributed by atoms with Crippen molar-refractivity contribution >= 4 is 11.7 Å². The Bertz CT molecular complexity index is 193. The summed E-state index contributed by atoms with van der Waals surface area (Å²) >= 11 is 0. The van der Waals surface area contributed by atoms with Crippen molar-refractivity contribution in [2.45, 2.75) is 20.8 Å². The van der Waals surface area contributed by atoms with Gasteiger partial charge in [-0.15, -0.1) is 0 Å². The molecule has 0 atom stereocenters.